The smallest absolute Gasteiger partial charge is 0.319 e. The molecule has 1 aliphatic rings. The van der Waals surface area contributed by atoms with E-state index in [9.17, 15) is 18.7 Å². The van der Waals surface area contributed by atoms with Crippen molar-refractivity contribution in [1.29, 1.82) is 0 Å². The summed E-state index contributed by atoms with van der Waals surface area (Å²) in [6, 6.07) is 2.13. The topological polar surface area (TPSA) is 61.4 Å². The fraction of sp³-hybridized carbons (Fsp3) is 0.417. The molecule has 1 heterocycles. The Bertz CT molecular complexity index is 479. The van der Waals surface area contributed by atoms with Crippen molar-refractivity contribution in [3.63, 3.8) is 0 Å². The monoisotopic (exact) mass is 288 g/mol. The number of carbonyl (C=O) groups is 1. The van der Waals surface area contributed by atoms with E-state index in [0.29, 0.717) is 12.2 Å². The highest BCUT2D eigenvalue weighted by atomic mass is 32.2. The predicted octanol–water partition coefficient (Wildman–Crippen LogP) is 1.95. The summed E-state index contributed by atoms with van der Waals surface area (Å²) in [5.41, 5.74) is -1.15. The zero-order valence-corrected chi connectivity index (χ0v) is 10.9. The van der Waals surface area contributed by atoms with Crippen LogP contribution in [0.1, 0.15) is 6.42 Å². The fourth-order valence-corrected chi connectivity index (χ4v) is 3.04. The van der Waals surface area contributed by atoms with E-state index in [0.717, 1.165) is 24.0 Å². The van der Waals surface area contributed by atoms with Crippen LogP contribution in [0.5, 0.6) is 0 Å². The van der Waals surface area contributed by atoms with Gasteiger partial charge in [0, 0.05) is 18.4 Å². The van der Waals surface area contributed by atoms with E-state index in [-0.39, 0.29) is 12.2 Å². The zero-order valence-electron chi connectivity index (χ0n) is 10.1. The number of rotatable bonds is 3. The van der Waals surface area contributed by atoms with E-state index >= 15 is 0 Å². The number of anilines is 1. The lowest BCUT2D eigenvalue weighted by molar-refractivity contribution is 0.0706. The van der Waals surface area contributed by atoms with E-state index in [1.54, 1.807) is 11.8 Å². The van der Waals surface area contributed by atoms with E-state index in [2.05, 4.69) is 10.6 Å². The van der Waals surface area contributed by atoms with Crippen LogP contribution in [0.4, 0.5) is 19.3 Å². The van der Waals surface area contributed by atoms with Gasteiger partial charge in [-0.25, -0.2) is 13.6 Å². The summed E-state index contributed by atoms with van der Waals surface area (Å²) in [4.78, 5) is 11.5. The highest BCUT2D eigenvalue weighted by Crippen LogP contribution is 2.27. The summed E-state index contributed by atoms with van der Waals surface area (Å²) >= 11 is 1.61. The number of amides is 2. The Hall–Kier alpha value is -1.34. The van der Waals surface area contributed by atoms with Crippen molar-refractivity contribution in [3.05, 3.63) is 29.8 Å². The highest BCUT2D eigenvalue weighted by Gasteiger charge is 2.31. The van der Waals surface area contributed by atoms with Gasteiger partial charge in [0.1, 0.15) is 11.6 Å². The van der Waals surface area contributed by atoms with Crippen LogP contribution in [0.3, 0.4) is 0 Å². The summed E-state index contributed by atoms with van der Waals surface area (Å²) in [5, 5.41) is 14.7. The molecule has 0 radical (unpaired) electrons. The minimum Gasteiger partial charge on any atom is -0.387 e. The van der Waals surface area contributed by atoms with Crippen molar-refractivity contribution >= 4 is 23.5 Å². The molecule has 3 N–H and O–H groups in total. The molecular weight excluding hydrogens is 274 g/mol. The lowest BCUT2D eigenvalue weighted by Gasteiger charge is -2.21. The van der Waals surface area contributed by atoms with Gasteiger partial charge < -0.3 is 15.7 Å². The van der Waals surface area contributed by atoms with Crippen LogP contribution in [0.2, 0.25) is 0 Å². The maximum atomic E-state index is 13.3. The van der Waals surface area contributed by atoms with Gasteiger partial charge in [-0.15, -0.1) is 0 Å². The second-order valence-electron chi connectivity index (χ2n) is 4.46. The van der Waals surface area contributed by atoms with Crippen LogP contribution < -0.4 is 10.6 Å². The molecule has 1 saturated heterocycles. The van der Waals surface area contributed by atoms with Gasteiger partial charge in [-0.2, -0.15) is 11.8 Å². The summed E-state index contributed by atoms with van der Waals surface area (Å²) < 4.78 is 26.2. The first-order valence-corrected chi connectivity index (χ1v) is 6.94. The molecule has 7 heteroatoms. The number of benzene rings is 1. The molecule has 2 rings (SSSR count). The lowest BCUT2D eigenvalue weighted by atomic mass is 10.0. The Morgan fingerprint density at radius 2 is 2.26 bits per heavy atom. The fourth-order valence-electron chi connectivity index (χ4n) is 1.74. The van der Waals surface area contributed by atoms with Gasteiger partial charge in [-0.3, -0.25) is 0 Å². The molecule has 0 spiro atoms. The third-order valence-corrected chi connectivity index (χ3v) is 4.07. The van der Waals surface area contributed by atoms with Crippen LogP contribution in [0.15, 0.2) is 18.2 Å². The first-order chi connectivity index (χ1) is 8.98. The number of urea groups is 1. The molecule has 1 unspecified atom stereocenters. The van der Waals surface area contributed by atoms with Crippen molar-refractivity contribution in [1.82, 2.24) is 5.32 Å². The van der Waals surface area contributed by atoms with Crippen molar-refractivity contribution < 1.29 is 18.7 Å². The normalized spacial score (nSPS) is 22.3. The first-order valence-electron chi connectivity index (χ1n) is 5.79. The molecule has 0 aliphatic carbocycles. The molecule has 1 aliphatic heterocycles. The van der Waals surface area contributed by atoms with Crippen LogP contribution in [0.25, 0.3) is 0 Å². The van der Waals surface area contributed by atoms with E-state index in [1.165, 1.54) is 0 Å². The third kappa shape index (κ3) is 3.81. The van der Waals surface area contributed by atoms with Gasteiger partial charge in [0.25, 0.3) is 0 Å². The summed E-state index contributed by atoms with van der Waals surface area (Å²) in [6.07, 6.45) is 0.603. The molecule has 0 aromatic heterocycles. The maximum Gasteiger partial charge on any atom is 0.319 e. The standard InChI is InChI=1S/C12H14F2N2O2S/c13-8-1-2-9(14)10(5-8)16-11(17)15-6-12(18)3-4-19-7-12/h1-2,5,18H,3-4,6-7H2,(H2,15,16,17). The highest BCUT2D eigenvalue weighted by molar-refractivity contribution is 7.99. The van der Waals surface area contributed by atoms with Gasteiger partial charge in [-0.1, -0.05) is 0 Å². The molecule has 2 amide bonds. The summed E-state index contributed by atoms with van der Waals surface area (Å²) in [7, 11) is 0. The number of aliphatic hydroxyl groups is 1. The van der Waals surface area contributed by atoms with Gasteiger partial charge in [0.05, 0.1) is 11.3 Å². The first kappa shape index (κ1) is 14.1. The van der Waals surface area contributed by atoms with Crippen LogP contribution in [-0.2, 0) is 0 Å². The molecule has 1 aromatic rings. The van der Waals surface area contributed by atoms with Crippen molar-refractivity contribution in [2.24, 2.45) is 0 Å². The number of hydrogen-bond donors (Lipinski definition) is 3. The molecule has 19 heavy (non-hydrogen) atoms. The summed E-state index contributed by atoms with van der Waals surface area (Å²) in [5.74, 6) is 0.0501. The zero-order chi connectivity index (χ0) is 13.9. The van der Waals surface area contributed by atoms with Crippen LogP contribution in [-0.4, -0.2) is 34.8 Å². The molecule has 104 valence electrons. The Labute approximate surface area is 113 Å². The number of hydrogen-bond acceptors (Lipinski definition) is 3. The minimum absolute atomic E-state index is 0.0861. The number of carbonyl (C=O) groups excluding carboxylic acids is 1. The van der Waals surface area contributed by atoms with Crippen molar-refractivity contribution in [3.8, 4) is 0 Å². The average Bonchev–Trinajstić information content (AvgIpc) is 2.79. The molecule has 1 fully saturated rings. The number of nitrogens with one attached hydrogen (secondary N) is 2. The van der Waals surface area contributed by atoms with Crippen molar-refractivity contribution in [2.45, 2.75) is 12.0 Å². The second kappa shape index (κ2) is 5.75. The van der Waals surface area contributed by atoms with Crippen LogP contribution >= 0.6 is 11.8 Å². The molecule has 0 bridgehead atoms. The Morgan fingerprint density at radius 3 is 2.95 bits per heavy atom. The van der Waals surface area contributed by atoms with Gasteiger partial charge >= 0.3 is 6.03 Å². The Kier molecular flexibility index (Phi) is 4.26. The van der Waals surface area contributed by atoms with E-state index in [1.807, 2.05) is 0 Å². The molecule has 4 nitrogen and oxygen atoms in total. The molecular formula is C12H14F2N2O2S. The second-order valence-corrected chi connectivity index (χ2v) is 5.56. The lowest BCUT2D eigenvalue weighted by Crippen LogP contribution is -2.44. The Balaban J connectivity index is 1.89. The van der Waals surface area contributed by atoms with Crippen molar-refractivity contribution in [2.75, 3.05) is 23.4 Å². The molecule has 1 aromatic carbocycles. The van der Waals surface area contributed by atoms with Gasteiger partial charge in [0.15, 0.2) is 0 Å². The van der Waals surface area contributed by atoms with E-state index in [4.69, 9.17) is 0 Å². The minimum atomic E-state index is -0.914. The largest absolute Gasteiger partial charge is 0.387 e. The maximum absolute atomic E-state index is 13.3. The Morgan fingerprint density at radius 1 is 1.47 bits per heavy atom. The van der Waals surface area contributed by atoms with E-state index < -0.39 is 23.3 Å². The predicted molar refractivity (Wildman–Crippen MR) is 70.3 cm³/mol. The average molecular weight is 288 g/mol. The molecule has 0 saturated carbocycles. The van der Waals surface area contributed by atoms with Crippen LogP contribution in [0, 0.1) is 11.6 Å². The summed E-state index contributed by atoms with van der Waals surface area (Å²) in [6.45, 7) is 0.0861. The third-order valence-electron chi connectivity index (χ3n) is 2.84. The van der Waals surface area contributed by atoms with Gasteiger partial charge in [0.2, 0.25) is 0 Å². The van der Waals surface area contributed by atoms with Gasteiger partial charge in [-0.05, 0) is 24.3 Å². The quantitative estimate of drug-likeness (QED) is 0.796. The SMILES string of the molecule is O=C(NCC1(O)CCSC1)Nc1cc(F)ccc1F. The number of halogens is 2. The molecule has 1 atom stereocenters. The number of thioether (sulfide) groups is 1.